The van der Waals surface area contributed by atoms with Crippen LogP contribution in [0.1, 0.15) is 16.5 Å². The molecule has 0 amide bonds. The number of nitrogens with two attached hydrogens (primary N) is 1. The first-order chi connectivity index (χ1) is 8.56. The molecule has 1 aromatic heterocycles. The van der Waals surface area contributed by atoms with E-state index in [9.17, 15) is 5.11 Å². The highest BCUT2D eigenvalue weighted by atomic mass is 79.9. The van der Waals surface area contributed by atoms with Crippen molar-refractivity contribution in [2.75, 3.05) is 7.11 Å². The summed E-state index contributed by atoms with van der Waals surface area (Å²) in [6, 6.07) is 5.43. The smallest absolute Gasteiger partial charge is 0.173 e. The van der Waals surface area contributed by atoms with E-state index in [0.717, 1.165) is 14.9 Å². The van der Waals surface area contributed by atoms with Crippen LogP contribution in [0.15, 0.2) is 32.5 Å². The van der Waals surface area contributed by atoms with Gasteiger partial charge in [-0.25, -0.2) is 0 Å². The third-order valence-electron chi connectivity index (χ3n) is 2.58. The van der Waals surface area contributed by atoms with Crippen molar-refractivity contribution in [1.82, 2.24) is 0 Å². The van der Waals surface area contributed by atoms with Gasteiger partial charge in [0.15, 0.2) is 11.5 Å². The molecule has 1 heterocycles. The molecule has 2 rings (SSSR count). The lowest BCUT2D eigenvalue weighted by Gasteiger charge is -2.16. The summed E-state index contributed by atoms with van der Waals surface area (Å²) in [4.78, 5) is 1.05. The molecule has 0 bridgehead atoms. The molecule has 0 radical (unpaired) electrons. The Morgan fingerprint density at radius 2 is 2.05 bits per heavy atom. The van der Waals surface area contributed by atoms with Gasteiger partial charge in [-0.1, -0.05) is 6.07 Å². The summed E-state index contributed by atoms with van der Waals surface area (Å²) in [6.07, 6.45) is 0. The number of phenolic OH excluding ortho intramolecular Hbond substituents is 1. The fourth-order valence-electron chi connectivity index (χ4n) is 1.62. The number of ether oxygens (including phenoxy) is 1. The molecule has 0 unspecified atom stereocenters. The lowest BCUT2D eigenvalue weighted by atomic mass is 10.1. The molecule has 7 heteroatoms. The van der Waals surface area contributed by atoms with Gasteiger partial charge in [-0.05, 0) is 54.9 Å². The van der Waals surface area contributed by atoms with Crippen LogP contribution in [-0.2, 0) is 0 Å². The number of rotatable bonds is 3. The van der Waals surface area contributed by atoms with Gasteiger partial charge < -0.3 is 15.6 Å². The standard InChI is InChI=1S/C12H11Br2NO2S.ClH/c1-17-7-5-6(9(13)10(14)12(7)16)11(15)8-3-2-4-18-8;/h2-5,11,16H,15H2,1H3;1H/t11-;/m1./s1. The molecule has 0 aliphatic rings. The summed E-state index contributed by atoms with van der Waals surface area (Å²) in [5, 5.41) is 11.9. The maximum absolute atomic E-state index is 9.88. The highest BCUT2D eigenvalue weighted by Gasteiger charge is 2.20. The van der Waals surface area contributed by atoms with E-state index in [4.69, 9.17) is 10.5 Å². The zero-order valence-corrected chi connectivity index (χ0v) is 14.7. The summed E-state index contributed by atoms with van der Waals surface area (Å²) >= 11 is 8.36. The Morgan fingerprint density at radius 1 is 1.37 bits per heavy atom. The Balaban J connectivity index is 0.00000180. The molecule has 3 N–H and O–H groups in total. The van der Waals surface area contributed by atoms with Crippen molar-refractivity contribution in [2.45, 2.75) is 6.04 Å². The van der Waals surface area contributed by atoms with Crippen LogP contribution in [0.3, 0.4) is 0 Å². The Hall–Kier alpha value is -0.270. The molecule has 0 fully saturated rings. The SMILES string of the molecule is COc1cc([C@@H](N)c2cccs2)c(Br)c(Br)c1O.Cl. The van der Waals surface area contributed by atoms with Gasteiger partial charge in [0.2, 0.25) is 0 Å². The van der Waals surface area contributed by atoms with Gasteiger partial charge >= 0.3 is 0 Å². The molecule has 0 aliphatic carbocycles. The second-order valence-electron chi connectivity index (χ2n) is 3.64. The van der Waals surface area contributed by atoms with Crippen LogP contribution in [0.2, 0.25) is 0 Å². The first-order valence-corrected chi connectivity index (χ1v) is 7.56. The van der Waals surface area contributed by atoms with Crippen molar-refractivity contribution < 1.29 is 9.84 Å². The number of methoxy groups -OCH3 is 1. The molecule has 0 aliphatic heterocycles. The van der Waals surface area contributed by atoms with Gasteiger partial charge in [0.1, 0.15) is 0 Å². The Labute approximate surface area is 138 Å². The summed E-state index contributed by atoms with van der Waals surface area (Å²) in [6.45, 7) is 0. The fraction of sp³-hybridized carbons (Fsp3) is 0.167. The van der Waals surface area contributed by atoms with Crippen molar-refractivity contribution >= 4 is 55.6 Å². The van der Waals surface area contributed by atoms with Gasteiger partial charge in [-0.3, -0.25) is 0 Å². The predicted octanol–water partition coefficient (Wildman–Crippen LogP) is 4.46. The lowest BCUT2D eigenvalue weighted by molar-refractivity contribution is 0.371. The average molecular weight is 430 g/mol. The van der Waals surface area contributed by atoms with Crippen LogP contribution < -0.4 is 10.5 Å². The molecule has 19 heavy (non-hydrogen) atoms. The van der Waals surface area contributed by atoms with Gasteiger partial charge in [-0.2, -0.15) is 0 Å². The van der Waals surface area contributed by atoms with Crippen LogP contribution >= 0.6 is 55.6 Å². The van der Waals surface area contributed by atoms with Crippen molar-refractivity contribution in [2.24, 2.45) is 5.73 Å². The summed E-state index contributed by atoms with van der Waals surface area (Å²) < 4.78 is 6.42. The third-order valence-corrected chi connectivity index (χ3v) is 5.69. The summed E-state index contributed by atoms with van der Waals surface area (Å²) in [5.41, 5.74) is 7.09. The fourth-order valence-corrected chi connectivity index (χ4v) is 3.33. The zero-order valence-electron chi connectivity index (χ0n) is 9.89. The van der Waals surface area contributed by atoms with E-state index in [0.29, 0.717) is 10.2 Å². The van der Waals surface area contributed by atoms with Crippen LogP contribution in [0.25, 0.3) is 0 Å². The maximum Gasteiger partial charge on any atom is 0.173 e. The monoisotopic (exact) mass is 427 g/mol. The number of halogens is 3. The first-order valence-electron chi connectivity index (χ1n) is 5.10. The van der Waals surface area contributed by atoms with Gasteiger partial charge in [0.25, 0.3) is 0 Å². The van der Waals surface area contributed by atoms with Crippen LogP contribution in [0, 0.1) is 0 Å². The van der Waals surface area contributed by atoms with Gasteiger partial charge in [0.05, 0.1) is 17.6 Å². The Kier molecular flexibility index (Phi) is 6.14. The zero-order chi connectivity index (χ0) is 13.3. The summed E-state index contributed by atoms with van der Waals surface area (Å²) in [7, 11) is 1.51. The highest BCUT2D eigenvalue weighted by Crippen LogP contribution is 2.44. The molecular weight excluding hydrogens is 417 g/mol. The van der Waals surface area contributed by atoms with E-state index in [1.807, 2.05) is 17.5 Å². The van der Waals surface area contributed by atoms with Crippen LogP contribution in [0.4, 0.5) is 0 Å². The first kappa shape index (κ1) is 16.8. The minimum Gasteiger partial charge on any atom is -0.503 e. The molecular formula is C12H12Br2ClNO2S. The molecule has 0 spiro atoms. The molecule has 0 saturated carbocycles. The van der Waals surface area contributed by atoms with E-state index in [-0.39, 0.29) is 24.2 Å². The van der Waals surface area contributed by atoms with E-state index in [2.05, 4.69) is 31.9 Å². The van der Waals surface area contributed by atoms with Crippen molar-refractivity contribution in [3.05, 3.63) is 43.0 Å². The van der Waals surface area contributed by atoms with Crippen molar-refractivity contribution in [3.8, 4) is 11.5 Å². The molecule has 1 aromatic carbocycles. The second kappa shape index (κ2) is 6.95. The predicted molar refractivity (Wildman–Crippen MR) is 87.7 cm³/mol. The largest absolute Gasteiger partial charge is 0.503 e. The van der Waals surface area contributed by atoms with E-state index in [1.165, 1.54) is 7.11 Å². The summed E-state index contributed by atoms with van der Waals surface area (Å²) in [5.74, 6) is 0.457. The molecule has 104 valence electrons. The Morgan fingerprint density at radius 3 is 2.58 bits per heavy atom. The highest BCUT2D eigenvalue weighted by molar-refractivity contribution is 9.13. The normalized spacial score (nSPS) is 11.8. The molecule has 3 nitrogen and oxygen atoms in total. The van der Waals surface area contributed by atoms with Crippen molar-refractivity contribution in [3.63, 3.8) is 0 Å². The number of benzene rings is 1. The van der Waals surface area contributed by atoms with Crippen LogP contribution in [-0.4, -0.2) is 12.2 Å². The lowest BCUT2D eigenvalue weighted by Crippen LogP contribution is -2.11. The van der Waals surface area contributed by atoms with E-state index in [1.54, 1.807) is 17.4 Å². The van der Waals surface area contributed by atoms with Crippen LogP contribution in [0.5, 0.6) is 11.5 Å². The Bertz CT molecular complexity index is 563. The number of phenols is 1. The number of hydrogen-bond donors (Lipinski definition) is 2. The van der Waals surface area contributed by atoms with Crippen molar-refractivity contribution in [1.29, 1.82) is 0 Å². The average Bonchev–Trinajstić information content (AvgIpc) is 2.89. The second-order valence-corrected chi connectivity index (χ2v) is 6.20. The molecule has 1 atom stereocenters. The number of aromatic hydroxyl groups is 1. The van der Waals surface area contributed by atoms with Gasteiger partial charge in [0, 0.05) is 9.35 Å². The molecule has 0 saturated heterocycles. The number of thiophene rings is 1. The van der Waals surface area contributed by atoms with E-state index >= 15 is 0 Å². The molecule has 2 aromatic rings. The minimum absolute atomic E-state index is 0. The topological polar surface area (TPSA) is 55.5 Å². The van der Waals surface area contributed by atoms with Gasteiger partial charge in [-0.15, -0.1) is 23.7 Å². The quantitative estimate of drug-likeness (QED) is 0.758. The third kappa shape index (κ3) is 3.25. The maximum atomic E-state index is 9.88. The number of hydrogen-bond acceptors (Lipinski definition) is 4. The van der Waals surface area contributed by atoms with E-state index < -0.39 is 0 Å². The minimum atomic E-state index is -0.259.